The van der Waals surface area contributed by atoms with E-state index in [2.05, 4.69) is 12.2 Å². The first-order valence-corrected chi connectivity index (χ1v) is 5.57. The molecule has 0 spiro atoms. The second-order valence-corrected chi connectivity index (χ2v) is 3.51. The maximum Gasteiger partial charge on any atom is 0.219 e. The fraction of sp³-hybridized carbons (Fsp3) is 0.818. The summed E-state index contributed by atoms with van der Waals surface area (Å²) >= 11 is 0. The first-order chi connectivity index (χ1) is 6.81. The Labute approximate surface area is 87.4 Å². The number of hydrogen-bond donors (Lipinski definition) is 2. The molecule has 1 radical (unpaired) electrons. The highest BCUT2D eigenvalue weighted by Gasteiger charge is 1.98. The third-order valence-corrected chi connectivity index (χ3v) is 2.11. The average molecular weight is 199 g/mol. The first-order valence-electron chi connectivity index (χ1n) is 5.57. The van der Waals surface area contributed by atoms with Crippen LogP contribution in [0, 0.1) is 6.92 Å². The molecule has 0 aromatic rings. The van der Waals surface area contributed by atoms with Gasteiger partial charge >= 0.3 is 0 Å². The SMILES string of the molecule is [CH2]CCCCC(=O)NCCCCCN. The number of nitrogens with one attached hydrogen (secondary N) is 1. The van der Waals surface area contributed by atoms with Crippen LogP contribution < -0.4 is 11.1 Å². The summed E-state index contributed by atoms with van der Waals surface area (Å²) in [4.78, 5) is 11.2. The van der Waals surface area contributed by atoms with Gasteiger partial charge in [0, 0.05) is 13.0 Å². The van der Waals surface area contributed by atoms with Gasteiger partial charge in [0.2, 0.25) is 5.91 Å². The average Bonchev–Trinajstić information content (AvgIpc) is 2.18. The quantitative estimate of drug-likeness (QED) is 0.554. The number of nitrogens with two attached hydrogens (primary N) is 1. The molecule has 1 amide bonds. The minimum Gasteiger partial charge on any atom is -0.356 e. The fourth-order valence-electron chi connectivity index (χ4n) is 1.22. The highest BCUT2D eigenvalue weighted by molar-refractivity contribution is 5.75. The molecule has 3 N–H and O–H groups in total. The lowest BCUT2D eigenvalue weighted by Gasteiger charge is -2.04. The van der Waals surface area contributed by atoms with Gasteiger partial charge in [-0.3, -0.25) is 4.79 Å². The Balaban J connectivity index is 3.10. The molecule has 3 nitrogen and oxygen atoms in total. The van der Waals surface area contributed by atoms with Crippen molar-refractivity contribution in [3.63, 3.8) is 0 Å². The molecule has 0 atom stereocenters. The topological polar surface area (TPSA) is 55.1 Å². The van der Waals surface area contributed by atoms with Crippen LogP contribution in [-0.2, 0) is 4.79 Å². The molecular formula is C11H23N2O. The van der Waals surface area contributed by atoms with Crippen LogP contribution >= 0.6 is 0 Å². The number of amides is 1. The minimum atomic E-state index is 0.172. The van der Waals surface area contributed by atoms with Gasteiger partial charge in [-0.1, -0.05) is 26.2 Å². The molecule has 0 aliphatic carbocycles. The van der Waals surface area contributed by atoms with Gasteiger partial charge in [0.05, 0.1) is 0 Å². The van der Waals surface area contributed by atoms with Gasteiger partial charge in [0.1, 0.15) is 0 Å². The number of rotatable bonds is 9. The van der Waals surface area contributed by atoms with Crippen LogP contribution in [0.4, 0.5) is 0 Å². The third-order valence-electron chi connectivity index (χ3n) is 2.11. The van der Waals surface area contributed by atoms with E-state index in [1.807, 2.05) is 0 Å². The summed E-state index contributed by atoms with van der Waals surface area (Å²) in [7, 11) is 0. The van der Waals surface area contributed by atoms with Crippen molar-refractivity contribution in [1.82, 2.24) is 5.32 Å². The monoisotopic (exact) mass is 199 g/mol. The summed E-state index contributed by atoms with van der Waals surface area (Å²) in [6.07, 6.45) is 6.76. The van der Waals surface area contributed by atoms with Gasteiger partial charge in [-0.2, -0.15) is 0 Å². The van der Waals surface area contributed by atoms with E-state index in [1.165, 1.54) is 0 Å². The van der Waals surface area contributed by atoms with Crippen LogP contribution in [0.25, 0.3) is 0 Å². The summed E-state index contributed by atoms with van der Waals surface area (Å²) in [6.45, 7) is 5.28. The Morgan fingerprint density at radius 3 is 2.57 bits per heavy atom. The van der Waals surface area contributed by atoms with E-state index in [0.29, 0.717) is 6.42 Å². The molecule has 0 rings (SSSR count). The van der Waals surface area contributed by atoms with Crippen LogP contribution in [-0.4, -0.2) is 19.0 Å². The number of hydrogen-bond acceptors (Lipinski definition) is 2. The van der Waals surface area contributed by atoms with Crippen LogP contribution in [0.2, 0.25) is 0 Å². The normalized spacial score (nSPS) is 10.1. The van der Waals surface area contributed by atoms with Crippen molar-refractivity contribution < 1.29 is 4.79 Å². The summed E-state index contributed by atoms with van der Waals surface area (Å²) in [5.74, 6) is 0.172. The minimum absolute atomic E-state index is 0.172. The Bertz CT molecular complexity index is 137. The van der Waals surface area contributed by atoms with Crippen molar-refractivity contribution in [2.24, 2.45) is 5.73 Å². The van der Waals surface area contributed by atoms with Crippen molar-refractivity contribution in [1.29, 1.82) is 0 Å². The molecule has 0 bridgehead atoms. The lowest BCUT2D eigenvalue weighted by Crippen LogP contribution is -2.24. The van der Waals surface area contributed by atoms with E-state index < -0.39 is 0 Å². The van der Waals surface area contributed by atoms with Crippen molar-refractivity contribution in [2.45, 2.75) is 44.9 Å². The molecule has 0 aromatic carbocycles. The Morgan fingerprint density at radius 2 is 1.93 bits per heavy atom. The molecule has 0 aromatic heterocycles. The number of carbonyl (C=O) groups excluding carboxylic acids is 1. The van der Waals surface area contributed by atoms with Crippen LogP contribution in [0.1, 0.15) is 44.9 Å². The second kappa shape index (κ2) is 10.5. The second-order valence-electron chi connectivity index (χ2n) is 3.51. The van der Waals surface area contributed by atoms with Gasteiger partial charge in [-0.15, -0.1) is 0 Å². The van der Waals surface area contributed by atoms with Gasteiger partial charge in [0.25, 0.3) is 0 Å². The van der Waals surface area contributed by atoms with Gasteiger partial charge in [0.15, 0.2) is 0 Å². The van der Waals surface area contributed by atoms with Crippen LogP contribution in [0.15, 0.2) is 0 Å². The first kappa shape index (κ1) is 13.4. The van der Waals surface area contributed by atoms with Gasteiger partial charge < -0.3 is 11.1 Å². The summed E-state index contributed by atoms with van der Waals surface area (Å²) in [5.41, 5.74) is 5.36. The predicted molar refractivity (Wildman–Crippen MR) is 59.7 cm³/mol. The van der Waals surface area contributed by atoms with E-state index in [4.69, 9.17) is 5.73 Å². The predicted octanol–water partition coefficient (Wildman–Crippen LogP) is 1.63. The van der Waals surface area contributed by atoms with E-state index in [1.54, 1.807) is 0 Å². The fourth-order valence-corrected chi connectivity index (χ4v) is 1.22. The zero-order chi connectivity index (χ0) is 10.6. The Morgan fingerprint density at radius 1 is 1.14 bits per heavy atom. The molecule has 0 heterocycles. The van der Waals surface area contributed by atoms with Crippen LogP contribution in [0.5, 0.6) is 0 Å². The largest absolute Gasteiger partial charge is 0.356 e. The zero-order valence-corrected chi connectivity index (χ0v) is 9.06. The molecule has 3 heteroatoms. The Kier molecular flexibility index (Phi) is 10.1. The molecule has 83 valence electrons. The maximum absolute atomic E-state index is 11.2. The Hall–Kier alpha value is -0.570. The van der Waals surface area contributed by atoms with Crippen molar-refractivity contribution >= 4 is 5.91 Å². The maximum atomic E-state index is 11.2. The highest BCUT2D eigenvalue weighted by atomic mass is 16.1. The van der Waals surface area contributed by atoms with Crippen molar-refractivity contribution in [3.8, 4) is 0 Å². The molecular weight excluding hydrogens is 176 g/mol. The molecule has 0 unspecified atom stereocenters. The van der Waals surface area contributed by atoms with Gasteiger partial charge in [-0.05, 0) is 25.8 Å². The molecule has 0 aliphatic rings. The molecule has 0 saturated heterocycles. The molecule has 14 heavy (non-hydrogen) atoms. The molecule has 0 saturated carbocycles. The van der Waals surface area contributed by atoms with E-state index in [0.717, 1.165) is 51.6 Å². The standard InChI is InChI=1S/C11H23N2O/c1-2-3-5-8-11(14)13-10-7-4-6-9-12/h1-10,12H2,(H,13,14). The van der Waals surface area contributed by atoms with Gasteiger partial charge in [-0.25, -0.2) is 0 Å². The van der Waals surface area contributed by atoms with Crippen molar-refractivity contribution in [2.75, 3.05) is 13.1 Å². The summed E-state index contributed by atoms with van der Waals surface area (Å²) in [6, 6.07) is 0. The lowest BCUT2D eigenvalue weighted by atomic mass is 10.2. The third kappa shape index (κ3) is 9.52. The zero-order valence-electron chi connectivity index (χ0n) is 9.06. The van der Waals surface area contributed by atoms with E-state index in [-0.39, 0.29) is 5.91 Å². The smallest absolute Gasteiger partial charge is 0.219 e. The molecule has 0 aliphatic heterocycles. The summed E-state index contributed by atoms with van der Waals surface area (Å²) in [5, 5.41) is 2.90. The van der Waals surface area contributed by atoms with Crippen molar-refractivity contribution in [3.05, 3.63) is 6.92 Å². The van der Waals surface area contributed by atoms with E-state index >= 15 is 0 Å². The lowest BCUT2D eigenvalue weighted by molar-refractivity contribution is -0.121. The van der Waals surface area contributed by atoms with Crippen LogP contribution in [0.3, 0.4) is 0 Å². The number of carbonyl (C=O) groups is 1. The highest BCUT2D eigenvalue weighted by Crippen LogP contribution is 1.98. The van der Waals surface area contributed by atoms with E-state index in [9.17, 15) is 4.79 Å². The number of unbranched alkanes of at least 4 members (excludes halogenated alkanes) is 4. The summed E-state index contributed by atoms with van der Waals surface area (Å²) < 4.78 is 0. The molecule has 0 fully saturated rings.